The first-order valence-corrected chi connectivity index (χ1v) is 7.70. The topological polar surface area (TPSA) is 42.2 Å². The van der Waals surface area contributed by atoms with E-state index in [-0.39, 0.29) is 16.6 Å². The zero-order valence-corrected chi connectivity index (χ0v) is 13.4. The molecule has 2 heterocycles. The summed E-state index contributed by atoms with van der Waals surface area (Å²) in [5, 5.41) is 2.71. The number of amides is 1. The highest BCUT2D eigenvalue weighted by molar-refractivity contribution is 9.09. The van der Waals surface area contributed by atoms with E-state index in [0.29, 0.717) is 24.1 Å². The molecule has 1 unspecified atom stereocenters. The Hall–Kier alpha value is -1.62. The maximum atomic E-state index is 14.4. The van der Waals surface area contributed by atoms with Crippen LogP contribution in [0.5, 0.6) is 0 Å². The lowest BCUT2D eigenvalue weighted by Crippen LogP contribution is -2.19. The van der Waals surface area contributed by atoms with Crippen molar-refractivity contribution >= 4 is 27.5 Å². The van der Waals surface area contributed by atoms with E-state index >= 15 is 0 Å². The van der Waals surface area contributed by atoms with Crippen LogP contribution in [0.25, 0.3) is 0 Å². The lowest BCUT2D eigenvalue weighted by atomic mass is 9.96. The van der Waals surface area contributed by atoms with Crippen molar-refractivity contribution in [1.29, 1.82) is 0 Å². The highest BCUT2D eigenvalue weighted by Gasteiger charge is 2.23. The summed E-state index contributed by atoms with van der Waals surface area (Å²) >= 11 is 3.56. The van der Waals surface area contributed by atoms with Gasteiger partial charge in [-0.25, -0.2) is 4.39 Å². The largest absolute Gasteiger partial charge is 0.466 e. The second-order valence-electron chi connectivity index (χ2n) is 5.31. The van der Waals surface area contributed by atoms with E-state index in [2.05, 4.69) is 21.2 Å². The summed E-state index contributed by atoms with van der Waals surface area (Å²) in [5.41, 5.74) is 3.03. The minimum atomic E-state index is -0.337. The number of fused-ring (bicyclic) bond motifs is 1. The first kappa shape index (κ1) is 14.3. The molecule has 5 heteroatoms. The Morgan fingerprint density at radius 2 is 2.00 bits per heavy atom. The average Bonchev–Trinajstić information content (AvgIpc) is 2.76. The zero-order chi connectivity index (χ0) is 15.1. The van der Waals surface area contributed by atoms with E-state index < -0.39 is 0 Å². The number of carbonyl (C=O) groups is 1. The van der Waals surface area contributed by atoms with Gasteiger partial charge in [-0.3, -0.25) is 4.79 Å². The van der Waals surface area contributed by atoms with Crippen LogP contribution in [-0.2, 0) is 11.2 Å². The van der Waals surface area contributed by atoms with Crippen molar-refractivity contribution in [3.8, 4) is 0 Å². The fraction of sp³-hybridized carbons (Fsp3) is 0.312. The van der Waals surface area contributed by atoms with E-state index in [1.807, 2.05) is 26.0 Å². The molecule has 1 aliphatic rings. The molecule has 3 nitrogen and oxygen atoms in total. The molecule has 1 amide bonds. The number of hydrogen-bond donors (Lipinski definition) is 1. The molecule has 21 heavy (non-hydrogen) atoms. The summed E-state index contributed by atoms with van der Waals surface area (Å²) in [6.07, 6.45) is 1.08. The Kier molecular flexibility index (Phi) is 3.61. The molecule has 0 radical (unpaired) electrons. The average molecular weight is 352 g/mol. The first-order chi connectivity index (χ1) is 9.95. The van der Waals surface area contributed by atoms with Gasteiger partial charge in [0, 0.05) is 23.2 Å². The van der Waals surface area contributed by atoms with Gasteiger partial charge in [-0.1, -0.05) is 15.9 Å². The van der Waals surface area contributed by atoms with Crippen molar-refractivity contribution in [3.05, 3.63) is 52.2 Å². The molecule has 0 saturated heterocycles. The second-order valence-corrected chi connectivity index (χ2v) is 6.23. The summed E-state index contributed by atoms with van der Waals surface area (Å²) in [7, 11) is 0. The number of anilines is 1. The van der Waals surface area contributed by atoms with Gasteiger partial charge in [0.15, 0.2) is 0 Å². The van der Waals surface area contributed by atoms with E-state index in [0.717, 1.165) is 22.6 Å². The SMILES string of the molecule is Cc1cc(C(Br)c2cc3c(cc2F)NC(=O)CC3)c(C)o1. The summed E-state index contributed by atoms with van der Waals surface area (Å²) in [5.74, 6) is 1.18. The lowest BCUT2D eigenvalue weighted by Gasteiger charge is -2.20. The van der Waals surface area contributed by atoms with Crippen molar-refractivity contribution in [2.75, 3.05) is 5.32 Å². The van der Waals surface area contributed by atoms with Crippen LogP contribution in [0.15, 0.2) is 22.6 Å². The van der Waals surface area contributed by atoms with Gasteiger partial charge in [-0.05, 0) is 44.0 Å². The van der Waals surface area contributed by atoms with Crippen LogP contribution in [0, 0.1) is 19.7 Å². The van der Waals surface area contributed by atoms with Gasteiger partial charge in [0.05, 0.1) is 4.83 Å². The van der Waals surface area contributed by atoms with Crippen LogP contribution < -0.4 is 5.32 Å². The van der Waals surface area contributed by atoms with E-state index in [1.54, 1.807) is 0 Å². The van der Waals surface area contributed by atoms with Gasteiger partial charge in [-0.2, -0.15) is 0 Å². The third-order valence-electron chi connectivity index (χ3n) is 3.74. The number of furan rings is 1. The third-order valence-corrected chi connectivity index (χ3v) is 4.73. The van der Waals surface area contributed by atoms with Crippen molar-refractivity contribution in [1.82, 2.24) is 0 Å². The van der Waals surface area contributed by atoms with E-state index in [1.165, 1.54) is 6.07 Å². The monoisotopic (exact) mass is 351 g/mol. The van der Waals surface area contributed by atoms with Gasteiger partial charge in [0.25, 0.3) is 0 Å². The third kappa shape index (κ3) is 2.62. The highest BCUT2D eigenvalue weighted by Crippen LogP contribution is 2.38. The Labute approximate surface area is 130 Å². The van der Waals surface area contributed by atoms with Crippen LogP contribution >= 0.6 is 15.9 Å². The summed E-state index contributed by atoms with van der Waals surface area (Å²) < 4.78 is 19.9. The standard InChI is InChI=1S/C16H15BrFNO2/c1-8-5-11(9(2)21-8)16(17)12-6-10-3-4-15(20)19-14(10)7-13(12)18/h5-7,16H,3-4H2,1-2H3,(H,19,20). The normalized spacial score (nSPS) is 15.5. The van der Waals surface area contributed by atoms with Crippen LogP contribution in [0.1, 0.15) is 39.5 Å². The molecular formula is C16H15BrFNO2. The molecule has 1 aromatic carbocycles. The number of halogens is 2. The number of aryl methyl sites for hydroxylation is 3. The fourth-order valence-corrected chi connectivity index (χ4v) is 3.49. The molecule has 0 fully saturated rings. The van der Waals surface area contributed by atoms with Crippen LogP contribution in [-0.4, -0.2) is 5.91 Å². The number of alkyl halides is 1. The van der Waals surface area contributed by atoms with E-state index in [4.69, 9.17) is 4.42 Å². The number of benzene rings is 1. The zero-order valence-electron chi connectivity index (χ0n) is 11.8. The Balaban J connectivity index is 2.03. The molecular weight excluding hydrogens is 337 g/mol. The molecule has 0 bridgehead atoms. The number of hydrogen-bond acceptors (Lipinski definition) is 2. The molecule has 3 rings (SSSR count). The van der Waals surface area contributed by atoms with Crippen LogP contribution in [0.2, 0.25) is 0 Å². The predicted octanol–water partition coefficient (Wildman–Crippen LogP) is 4.40. The van der Waals surface area contributed by atoms with Crippen molar-refractivity contribution in [2.45, 2.75) is 31.5 Å². The lowest BCUT2D eigenvalue weighted by molar-refractivity contribution is -0.116. The van der Waals surface area contributed by atoms with Gasteiger partial charge in [0.1, 0.15) is 17.3 Å². The van der Waals surface area contributed by atoms with Crippen molar-refractivity contribution in [2.24, 2.45) is 0 Å². The minimum Gasteiger partial charge on any atom is -0.466 e. The fourth-order valence-electron chi connectivity index (χ4n) is 2.69. The molecule has 1 N–H and O–H groups in total. The maximum absolute atomic E-state index is 14.4. The Morgan fingerprint density at radius 1 is 1.24 bits per heavy atom. The smallest absolute Gasteiger partial charge is 0.224 e. The molecule has 0 saturated carbocycles. The quantitative estimate of drug-likeness (QED) is 0.814. The molecule has 110 valence electrons. The second kappa shape index (κ2) is 5.30. The molecule has 1 aliphatic heterocycles. The first-order valence-electron chi connectivity index (χ1n) is 6.79. The summed E-state index contributed by atoms with van der Waals surface area (Å²) in [6.45, 7) is 3.74. The summed E-state index contributed by atoms with van der Waals surface area (Å²) in [6, 6.07) is 5.14. The van der Waals surface area contributed by atoms with Crippen molar-refractivity contribution in [3.63, 3.8) is 0 Å². The predicted molar refractivity (Wildman–Crippen MR) is 82.3 cm³/mol. The van der Waals surface area contributed by atoms with E-state index in [9.17, 15) is 9.18 Å². The van der Waals surface area contributed by atoms with Crippen LogP contribution in [0.3, 0.4) is 0 Å². The van der Waals surface area contributed by atoms with Gasteiger partial charge in [-0.15, -0.1) is 0 Å². The molecule has 0 spiro atoms. The molecule has 1 aromatic heterocycles. The molecule has 2 aromatic rings. The number of nitrogens with one attached hydrogen (secondary N) is 1. The maximum Gasteiger partial charge on any atom is 0.224 e. The van der Waals surface area contributed by atoms with Crippen LogP contribution in [0.4, 0.5) is 10.1 Å². The number of carbonyl (C=O) groups excluding carboxylic acids is 1. The Bertz CT molecular complexity index is 723. The van der Waals surface area contributed by atoms with Gasteiger partial charge in [0.2, 0.25) is 5.91 Å². The minimum absolute atomic E-state index is 0.0636. The summed E-state index contributed by atoms with van der Waals surface area (Å²) in [4.78, 5) is 11.1. The molecule has 1 atom stereocenters. The van der Waals surface area contributed by atoms with Gasteiger partial charge >= 0.3 is 0 Å². The van der Waals surface area contributed by atoms with Crippen molar-refractivity contribution < 1.29 is 13.6 Å². The Morgan fingerprint density at radius 3 is 2.67 bits per heavy atom. The number of rotatable bonds is 2. The molecule has 0 aliphatic carbocycles. The van der Waals surface area contributed by atoms with Gasteiger partial charge < -0.3 is 9.73 Å². The highest BCUT2D eigenvalue weighted by atomic mass is 79.9.